The summed E-state index contributed by atoms with van der Waals surface area (Å²) in [6.45, 7) is 10.4. The summed E-state index contributed by atoms with van der Waals surface area (Å²) in [6, 6.07) is 2.88. The number of unbranched alkanes of at least 4 members (excludes halogenated alkanes) is 1. The molecule has 0 saturated carbocycles. The molecule has 0 aromatic heterocycles. The zero-order valence-corrected chi connectivity index (χ0v) is 15.1. The van der Waals surface area contributed by atoms with E-state index in [-0.39, 0.29) is 23.7 Å². The highest BCUT2D eigenvalue weighted by Gasteiger charge is 2.50. The van der Waals surface area contributed by atoms with Crippen molar-refractivity contribution in [3.05, 3.63) is 23.5 Å². The van der Waals surface area contributed by atoms with E-state index in [1.807, 2.05) is 20.8 Å². The number of halogens is 1. The number of carbonyl (C=O) groups is 1. The molecular weight excluding hydrogens is 310 g/mol. The normalized spacial score (nSPS) is 18.7. The van der Waals surface area contributed by atoms with Crippen molar-refractivity contribution in [2.24, 2.45) is 5.41 Å². The minimum Gasteiger partial charge on any atom is -0.493 e. The number of carboxylic acids is 1. The Labute approximate surface area is 143 Å². The van der Waals surface area contributed by atoms with Crippen LogP contribution in [0.25, 0.3) is 0 Å². The van der Waals surface area contributed by atoms with Crippen LogP contribution in [-0.2, 0) is 4.65 Å². The van der Waals surface area contributed by atoms with Gasteiger partial charge in [0, 0.05) is 0 Å². The molecular formula is C18H26BFO4. The van der Waals surface area contributed by atoms with Gasteiger partial charge in [-0.05, 0) is 49.6 Å². The number of carboxylic acid groups (broad SMARTS) is 1. The second-order valence-electron chi connectivity index (χ2n) is 7.59. The fraction of sp³-hybridized carbons (Fsp3) is 0.611. The average molecular weight is 336 g/mol. The first-order valence-electron chi connectivity index (χ1n) is 8.46. The Morgan fingerprint density at radius 2 is 2.04 bits per heavy atom. The Morgan fingerprint density at radius 1 is 1.38 bits per heavy atom. The Morgan fingerprint density at radius 3 is 2.54 bits per heavy atom. The van der Waals surface area contributed by atoms with Gasteiger partial charge in [-0.25, -0.2) is 9.18 Å². The Balaban J connectivity index is 2.37. The molecule has 0 spiro atoms. The topological polar surface area (TPSA) is 55.8 Å². The average Bonchev–Trinajstić information content (AvgIpc) is 2.66. The van der Waals surface area contributed by atoms with Crippen molar-refractivity contribution in [3.8, 4) is 5.75 Å². The minimum atomic E-state index is -1.32. The number of ether oxygens (including phenoxy) is 1. The lowest BCUT2D eigenvalue weighted by atomic mass is 9.54. The molecule has 0 aliphatic carbocycles. The predicted octanol–water partition coefficient (Wildman–Crippen LogP) is 3.74. The monoisotopic (exact) mass is 336 g/mol. The second kappa shape index (κ2) is 6.75. The first-order chi connectivity index (χ1) is 11.1. The van der Waals surface area contributed by atoms with Gasteiger partial charge in [0.2, 0.25) is 0 Å². The Bertz CT molecular complexity index is 612. The van der Waals surface area contributed by atoms with Gasteiger partial charge in [-0.2, -0.15) is 0 Å². The van der Waals surface area contributed by atoms with E-state index in [1.165, 1.54) is 6.07 Å². The van der Waals surface area contributed by atoms with Gasteiger partial charge in [0.25, 0.3) is 0 Å². The summed E-state index contributed by atoms with van der Waals surface area (Å²) >= 11 is 0. The zero-order valence-electron chi connectivity index (χ0n) is 15.1. The van der Waals surface area contributed by atoms with Crippen molar-refractivity contribution in [1.82, 2.24) is 0 Å². The third kappa shape index (κ3) is 3.58. The summed E-state index contributed by atoms with van der Waals surface area (Å²) in [5, 5.41) is 9.27. The van der Waals surface area contributed by atoms with Gasteiger partial charge < -0.3 is 14.5 Å². The smallest absolute Gasteiger partial charge is 0.342 e. The van der Waals surface area contributed by atoms with Crippen LogP contribution in [0.5, 0.6) is 5.75 Å². The molecule has 1 heterocycles. The Hall–Kier alpha value is -1.56. The van der Waals surface area contributed by atoms with Crippen LogP contribution in [0, 0.1) is 11.2 Å². The van der Waals surface area contributed by atoms with Crippen molar-refractivity contribution in [3.63, 3.8) is 0 Å². The van der Waals surface area contributed by atoms with Crippen molar-refractivity contribution >= 4 is 18.3 Å². The van der Waals surface area contributed by atoms with Crippen molar-refractivity contribution in [1.29, 1.82) is 0 Å². The highest BCUT2D eigenvalue weighted by molar-refractivity contribution is 6.68. The molecule has 0 atom stereocenters. The molecule has 0 unspecified atom stereocenters. The molecule has 2 rings (SSSR count). The molecule has 0 amide bonds. The first kappa shape index (κ1) is 18.8. The maximum absolute atomic E-state index is 14.4. The lowest BCUT2D eigenvalue weighted by Gasteiger charge is -2.34. The molecule has 1 aromatic rings. The van der Waals surface area contributed by atoms with Crippen LogP contribution in [0.1, 0.15) is 57.8 Å². The molecule has 4 nitrogen and oxygen atoms in total. The largest absolute Gasteiger partial charge is 0.493 e. The summed E-state index contributed by atoms with van der Waals surface area (Å²) in [5.74, 6) is -2.02. The van der Waals surface area contributed by atoms with E-state index in [4.69, 9.17) is 9.39 Å². The second-order valence-corrected chi connectivity index (χ2v) is 7.59. The highest BCUT2D eigenvalue weighted by atomic mass is 19.1. The third-order valence-corrected chi connectivity index (χ3v) is 5.18. The summed E-state index contributed by atoms with van der Waals surface area (Å²) in [6.07, 6.45) is 2.43. The maximum atomic E-state index is 14.4. The van der Waals surface area contributed by atoms with Crippen LogP contribution in [-0.4, -0.2) is 30.2 Å². The van der Waals surface area contributed by atoms with Crippen LogP contribution in [0.4, 0.5) is 4.39 Å². The number of hydrogen-bond acceptors (Lipinski definition) is 3. The maximum Gasteiger partial charge on any atom is 0.342 e. The zero-order chi connectivity index (χ0) is 18.1. The minimum absolute atomic E-state index is 0.0666. The fourth-order valence-electron chi connectivity index (χ4n) is 2.89. The molecule has 1 fully saturated rings. The van der Waals surface area contributed by atoms with Crippen LogP contribution in [0.15, 0.2) is 12.1 Å². The van der Waals surface area contributed by atoms with Gasteiger partial charge in [-0.15, -0.1) is 0 Å². The van der Waals surface area contributed by atoms with E-state index >= 15 is 0 Å². The van der Waals surface area contributed by atoms with E-state index in [1.54, 1.807) is 6.07 Å². The number of hydrogen-bond donors (Lipinski definition) is 1. The van der Waals surface area contributed by atoms with Crippen LogP contribution >= 0.6 is 0 Å². The van der Waals surface area contributed by atoms with E-state index in [0.717, 1.165) is 19.2 Å². The summed E-state index contributed by atoms with van der Waals surface area (Å²) in [4.78, 5) is 11.4. The van der Waals surface area contributed by atoms with Gasteiger partial charge in [0.15, 0.2) is 0 Å². The lowest BCUT2D eigenvalue weighted by Crippen LogP contribution is -2.36. The van der Waals surface area contributed by atoms with E-state index in [2.05, 4.69) is 13.8 Å². The van der Waals surface area contributed by atoms with Gasteiger partial charge in [0.05, 0.1) is 12.2 Å². The standard InChI is InChI=1S/C18H26BFO4/c1-6-7-8-23-14-10-12(9-13(20)15(14)16(21)22)19-11-17(2,3)18(4,5)24-19/h9-10H,6-8,11H2,1-5H3,(H,21,22). The van der Waals surface area contributed by atoms with E-state index in [0.29, 0.717) is 12.1 Å². The van der Waals surface area contributed by atoms with Crippen molar-refractivity contribution in [2.45, 2.75) is 59.4 Å². The molecule has 0 bridgehead atoms. The van der Waals surface area contributed by atoms with Gasteiger partial charge in [-0.3, -0.25) is 0 Å². The van der Waals surface area contributed by atoms with Crippen LogP contribution in [0.2, 0.25) is 6.32 Å². The molecule has 1 N–H and O–H groups in total. The SMILES string of the molecule is CCCCOc1cc(B2CC(C)(C)C(C)(C)O2)cc(F)c1C(=O)O. The van der Waals surface area contributed by atoms with E-state index < -0.39 is 17.3 Å². The molecule has 6 heteroatoms. The molecule has 1 aliphatic rings. The third-order valence-electron chi connectivity index (χ3n) is 5.18. The number of benzene rings is 1. The quantitative estimate of drug-likeness (QED) is 0.635. The van der Waals surface area contributed by atoms with Crippen molar-refractivity contribution < 1.29 is 23.7 Å². The first-order valence-corrected chi connectivity index (χ1v) is 8.46. The molecule has 1 saturated heterocycles. The molecule has 132 valence electrons. The van der Waals surface area contributed by atoms with Crippen LogP contribution < -0.4 is 10.2 Å². The molecule has 1 aliphatic heterocycles. The van der Waals surface area contributed by atoms with Crippen molar-refractivity contribution in [2.75, 3.05) is 6.61 Å². The molecule has 0 radical (unpaired) electrons. The fourth-order valence-corrected chi connectivity index (χ4v) is 2.89. The van der Waals surface area contributed by atoms with Crippen LogP contribution in [0.3, 0.4) is 0 Å². The summed E-state index contributed by atoms with van der Waals surface area (Å²) in [5.41, 5.74) is -0.194. The van der Waals surface area contributed by atoms with Gasteiger partial charge >= 0.3 is 12.9 Å². The number of rotatable bonds is 6. The molecule has 24 heavy (non-hydrogen) atoms. The Kier molecular flexibility index (Phi) is 5.28. The molecule has 1 aromatic carbocycles. The lowest BCUT2D eigenvalue weighted by molar-refractivity contribution is 0.0375. The highest BCUT2D eigenvalue weighted by Crippen LogP contribution is 2.45. The van der Waals surface area contributed by atoms with Gasteiger partial charge in [-0.1, -0.05) is 27.2 Å². The summed E-state index contributed by atoms with van der Waals surface area (Å²) < 4.78 is 26.1. The van der Waals surface area contributed by atoms with E-state index in [9.17, 15) is 14.3 Å². The van der Waals surface area contributed by atoms with Gasteiger partial charge in [0.1, 0.15) is 17.1 Å². The summed E-state index contributed by atoms with van der Waals surface area (Å²) in [7, 11) is 0. The predicted molar refractivity (Wildman–Crippen MR) is 92.9 cm³/mol. The number of aromatic carboxylic acids is 1.